The lowest BCUT2D eigenvalue weighted by atomic mass is 9.49. The van der Waals surface area contributed by atoms with Gasteiger partial charge in [-0.15, -0.1) is 0 Å². The van der Waals surface area contributed by atoms with Crippen molar-refractivity contribution in [2.24, 2.45) is 23.2 Å². The van der Waals surface area contributed by atoms with Crippen molar-refractivity contribution in [2.75, 3.05) is 6.54 Å². The van der Waals surface area contributed by atoms with E-state index in [4.69, 9.17) is 4.74 Å². The Morgan fingerprint density at radius 2 is 1.79 bits per heavy atom. The zero-order chi connectivity index (χ0) is 23.6. The van der Waals surface area contributed by atoms with Crippen molar-refractivity contribution in [1.82, 2.24) is 14.3 Å². The normalized spacial score (nSPS) is 34.1. The lowest BCUT2D eigenvalue weighted by Crippen LogP contribution is -2.56. The van der Waals surface area contributed by atoms with Crippen LogP contribution in [0.25, 0.3) is 5.65 Å². The van der Waals surface area contributed by atoms with E-state index in [1.165, 1.54) is 29.7 Å². The summed E-state index contributed by atoms with van der Waals surface area (Å²) in [5, 5.41) is 10.4. The quantitative estimate of drug-likeness (QED) is 0.695. The number of hydrogen-bond donors (Lipinski definition) is 1. The van der Waals surface area contributed by atoms with Gasteiger partial charge >= 0.3 is 5.97 Å². The van der Waals surface area contributed by atoms with Gasteiger partial charge in [0.05, 0.1) is 17.2 Å². The summed E-state index contributed by atoms with van der Waals surface area (Å²) in [6, 6.07) is 5.96. The highest BCUT2D eigenvalue weighted by molar-refractivity contribution is 5.89. The molecule has 2 aromatic rings. The van der Waals surface area contributed by atoms with Gasteiger partial charge in [0, 0.05) is 24.7 Å². The fourth-order valence-electron chi connectivity index (χ4n) is 7.62. The lowest BCUT2D eigenvalue weighted by molar-refractivity contribution is -0.166. The molecular weight excluding hydrogens is 434 g/mol. The first-order chi connectivity index (χ1) is 16.3. The molecule has 7 rings (SSSR count). The molecule has 5 aliphatic rings. The molecular formula is C26H31N3O5. The zero-order valence-electron chi connectivity index (χ0n) is 19.5. The number of aryl methyl sites for hydroxylation is 1. The van der Waals surface area contributed by atoms with E-state index in [0.717, 1.165) is 25.0 Å². The summed E-state index contributed by atoms with van der Waals surface area (Å²) in [6.45, 7) is 1.86. The van der Waals surface area contributed by atoms with E-state index in [1.54, 1.807) is 11.0 Å². The molecule has 8 heteroatoms. The highest BCUT2D eigenvalue weighted by Gasteiger charge is 2.57. The van der Waals surface area contributed by atoms with Crippen molar-refractivity contribution in [3.63, 3.8) is 0 Å². The summed E-state index contributed by atoms with van der Waals surface area (Å²) in [4.78, 5) is 45.4. The monoisotopic (exact) mass is 465 g/mol. The molecule has 1 amide bonds. The maximum atomic E-state index is 13.8. The fourth-order valence-corrected chi connectivity index (χ4v) is 7.62. The van der Waals surface area contributed by atoms with Crippen LogP contribution < -0.4 is 5.56 Å². The maximum absolute atomic E-state index is 13.8. The van der Waals surface area contributed by atoms with Crippen LogP contribution in [-0.4, -0.2) is 50.0 Å². The molecule has 8 nitrogen and oxygen atoms in total. The van der Waals surface area contributed by atoms with E-state index in [9.17, 15) is 19.5 Å². The standard InChI is InChI=1S/C26H31N3O5/c1-15-3-2-4-22-27-19(8-23(31)29(15)22)14-34-24(32)21-9-20(30)13-28(21)25(33)26-10-16-5-17(11-26)7-18(6-16)12-26/h2-4,8,16-18,20-21,30H,5-7,9-14H2,1H3. The maximum Gasteiger partial charge on any atom is 0.329 e. The Kier molecular flexibility index (Phi) is 5.06. The minimum Gasteiger partial charge on any atom is -0.458 e. The van der Waals surface area contributed by atoms with Crippen LogP contribution in [0.4, 0.5) is 0 Å². The van der Waals surface area contributed by atoms with Crippen LogP contribution >= 0.6 is 0 Å². The molecule has 3 heterocycles. The molecule has 1 saturated heterocycles. The van der Waals surface area contributed by atoms with E-state index in [0.29, 0.717) is 29.1 Å². The number of likely N-dealkylation sites (tertiary alicyclic amines) is 1. The van der Waals surface area contributed by atoms with Gasteiger partial charge in [-0.25, -0.2) is 9.78 Å². The topological polar surface area (TPSA) is 101 Å². The first-order valence-corrected chi connectivity index (χ1v) is 12.5. The highest BCUT2D eigenvalue weighted by Crippen LogP contribution is 2.60. The molecule has 0 radical (unpaired) electrons. The summed E-state index contributed by atoms with van der Waals surface area (Å²) in [5.74, 6) is 1.35. The van der Waals surface area contributed by atoms with Crippen molar-refractivity contribution >= 4 is 17.5 Å². The molecule has 1 aliphatic heterocycles. The molecule has 0 spiro atoms. The fraction of sp³-hybridized carbons (Fsp3) is 0.615. The Bertz CT molecular complexity index is 1190. The van der Waals surface area contributed by atoms with E-state index in [2.05, 4.69) is 4.98 Å². The van der Waals surface area contributed by atoms with Gasteiger partial charge in [-0.3, -0.25) is 14.0 Å². The van der Waals surface area contributed by atoms with Gasteiger partial charge in [-0.2, -0.15) is 0 Å². The number of aliphatic hydroxyl groups is 1. The molecule has 1 N–H and O–H groups in total. The predicted octanol–water partition coefficient (Wildman–Crippen LogP) is 2.22. The van der Waals surface area contributed by atoms with E-state index < -0.39 is 18.1 Å². The zero-order valence-corrected chi connectivity index (χ0v) is 19.5. The summed E-state index contributed by atoms with van der Waals surface area (Å²) in [5.41, 5.74) is 1.03. The number of nitrogens with zero attached hydrogens (tertiary/aromatic N) is 3. The Morgan fingerprint density at radius 3 is 2.47 bits per heavy atom. The number of aliphatic hydroxyl groups excluding tert-OH is 1. The smallest absolute Gasteiger partial charge is 0.329 e. The highest BCUT2D eigenvalue weighted by atomic mass is 16.5. The number of aromatic nitrogens is 2. The number of pyridine rings is 1. The van der Waals surface area contributed by atoms with E-state index in [-0.39, 0.29) is 36.5 Å². The Balaban J connectivity index is 1.18. The number of ether oxygens (including phenoxy) is 1. The second-order valence-corrected chi connectivity index (χ2v) is 11.1. The third-order valence-electron chi connectivity index (χ3n) is 8.60. The van der Waals surface area contributed by atoms with Gasteiger partial charge in [0.15, 0.2) is 0 Å². The second-order valence-electron chi connectivity index (χ2n) is 11.1. The van der Waals surface area contributed by atoms with Gasteiger partial charge in [0.1, 0.15) is 18.3 Å². The number of fused-ring (bicyclic) bond motifs is 1. The molecule has 2 aromatic heterocycles. The number of rotatable bonds is 4. The van der Waals surface area contributed by atoms with Gasteiger partial charge in [0.2, 0.25) is 5.91 Å². The molecule has 34 heavy (non-hydrogen) atoms. The number of hydrogen-bond acceptors (Lipinski definition) is 6. The third kappa shape index (κ3) is 3.54. The molecule has 0 aromatic carbocycles. The Labute approximate surface area is 197 Å². The van der Waals surface area contributed by atoms with Crippen LogP contribution in [0.5, 0.6) is 0 Å². The van der Waals surface area contributed by atoms with Crippen molar-refractivity contribution < 1.29 is 19.4 Å². The average molecular weight is 466 g/mol. The lowest BCUT2D eigenvalue weighted by Gasteiger charge is -2.56. The summed E-state index contributed by atoms with van der Waals surface area (Å²) < 4.78 is 7.04. The molecule has 4 aliphatic carbocycles. The SMILES string of the molecule is Cc1cccc2nc(COC(=O)C3CC(O)CN3C(=O)C34CC5CC(CC(C5)C3)C4)cc(=O)n12. The van der Waals surface area contributed by atoms with Crippen molar-refractivity contribution in [2.45, 2.75) is 70.6 Å². The van der Waals surface area contributed by atoms with Gasteiger partial charge in [0.25, 0.3) is 5.56 Å². The van der Waals surface area contributed by atoms with Crippen LogP contribution in [0.15, 0.2) is 29.1 Å². The molecule has 180 valence electrons. The first kappa shape index (κ1) is 21.8. The van der Waals surface area contributed by atoms with Gasteiger partial charge < -0.3 is 14.7 Å². The van der Waals surface area contributed by atoms with E-state index in [1.807, 2.05) is 19.1 Å². The van der Waals surface area contributed by atoms with Crippen molar-refractivity contribution in [1.29, 1.82) is 0 Å². The van der Waals surface area contributed by atoms with Crippen molar-refractivity contribution in [3.8, 4) is 0 Å². The number of β-amino-alcohol motifs (C(OH)–C–C–N with tert-alkyl or cyclic N) is 1. The molecule has 4 bridgehead atoms. The number of carbonyl (C=O) groups excluding carboxylic acids is 2. The Hall–Kier alpha value is -2.74. The van der Waals surface area contributed by atoms with Gasteiger partial charge in [-0.1, -0.05) is 6.07 Å². The second kappa shape index (κ2) is 7.90. The molecule has 4 saturated carbocycles. The number of carbonyl (C=O) groups is 2. The third-order valence-corrected chi connectivity index (χ3v) is 8.60. The summed E-state index contributed by atoms with van der Waals surface area (Å²) >= 11 is 0. The van der Waals surface area contributed by atoms with Gasteiger partial charge in [-0.05, 0) is 75.3 Å². The summed E-state index contributed by atoms with van der Waals surface area (Å²) in [6.07, 6.45) is 5.89. The largest absolute Gasteiger partial charge is 0.458 e. The van der Waals surface area contributed by atoms with Crippen molar-refractivity contribution in [3.05, 3.63) is 46.0 Å². The van der Waals surface area contributed by atoms with Crippen LogP contribution in [0.2, 0.25) is 0 Å². The van der Waals surface area contributed by atoms with Crippen LogP contribution in [0.3, 0.4) is 0 Å². The first-order valence-electron chi connectivity index (χ1n) is 12.5. The van der Waals surface area contributed by atoms with E-state index >= 15 is 0 Å². The number of amides is 1. The van der Waals surface area contributed by atoms with Crippen LogP contribution in [0.1, 0.15) is 56.3 Å². The molecule has 5 fully saturated rings. The molecule has 2 atom stereocenters. The summed E-state index contributed by atoms with van der Waals surface area (Å²) in [7, 11) is 0. The number of esters is 1. The minimum atomic E-state index is -0.792. The minimum absolute atomic E-state index is 0.0302. The van der Waals surface area contributed by atoms with Crippen LogP contribution in [0, 0.1) is 30.1 Å². The average Bonchev–Trinajstić information content (AvgIpc) is 3.17. The predicted molar refractivity (Wildman–Crippen MR) is 123 cm³/mol. The Morgan fingerprint density at radius 1 is 1.12 bits per heavy atom. The molecule has 2 unspecified atom stereocenters. The van der Waals surface area contributed by atoms with Crippen LogP contribution in [-0.2, 0) is 20.9 Å².